The zero-order valence-corrected chi connectivity index (χ0v) is 20.1. The highest BCUT2D eigenvalue weighted by atomic mass is 35.5. The van der Waals surface area contributed by atoms with Crippen molar-refractivity contribution in [3.05, 3.63) is 110 Å². The van der Waals surface area contributed by atoms with Crippen molar-refractivity contribution < 1.29 is 19.1 Å². The van der Waals surface area contributed by atoms with Crippen LogP contribution in [-0.4, -0.2) is 35.0 Å². The molecule has 0 aliphatic carbocycles. The number of aliphatic hydroxyl groups excluding tert-OH is 1. The topological polar surface area (TPSA) is 91.1 Å². The van der Waals surface area contributed by atoms with Gasteiger partial charge in [-0.1, -0.05) is 59.6 Å². The molecule has 36 heavy (non-hydrogen) atoms. The van der Waals surface area contributed by atoms with Gasteiger partial charge in [-0.25, -0.2) is 0 Å². The van der Waals surface area contributed by atoms with Gasteiger partial charge in [-0.3, -0.25) is 14.4 Å². The Morgan fingerprint density at radius 2 is 1.75 bits per heavy atom. The zero-order chi connectivity index (χ0) is 25.2. The molecule has 2 aliphatic rings. The minimum Gasteiger partial charge on any atom is -0.450 e. The van der Waals surface area contributed by atoms with Gasteiger partial charge in [0.2, 0.25) is 5.76 Å². The summed E-state index contributed by atoms with van der Waals surface area (Å²) in [6.07, 6.45) is 0. The Hall–Kier alpha value is -3.94. The molecule has 8 heteroatoms. The van der Waals surface area contributed by atoms with E-state index in [4.69, 9.17) is 16.0 Å². The van der Waals surface area contributed by atoms with Gasteiger partial charge in [0.25, 0.3) is 11.8 Å². The summed E-state index contributed by atoms with van der Waals surface area (Å²) in [6, 6.07) is 19.5. The quantitative estimate of drug-likeness (QED) is 0.457. The summed E-state index contributed by atoms with van der Waals surface area (Å²) in [6.45, 7) is 1.68. The lowest BCUT2D eigenvalue weighted by atomic mass is 9.84. The van der Waals surface area contributed by atoms with E-state index in [2.05, 4.69) is 0 Å². The smallest absolute Gasteiger partial charge is 0.291 e. The van der Waals surface area contributed by atoms with E-state index in [9.17, 15) is 19.5 Å². The number of amides is 2. The van der Waals surface area contributed by atoms with Crippen molar-refractivity contribution in [3.63, 3.8) is 0 Å². The molecule has 2 aliphatic heterocycles. The van der Waals surface area contributed by atoms with Gasteiger partial charge < -0.3 is 19.3 Å². The Morgan fingerprint density at radius 3 is 2.50 bits per heavy atom. The van der Waals surface area contributed by atoms with E-state index in [-0.39, 0.29) is 35.4 Å². The van der Waals surface area contributed by atoms with Gasteiger partial charge in [-0.15, -0.1) is 0 Å². The molecule has 6 rings (SSSR count). The van der Waals surface area contributed by atoms with Crippen LogP contribution in [-0.2, 0) is 16.9 Å². The van der Waals surface area contributed by atoms with E-state index < -0.39 is 29.4 Å². The molecular weight excluding hydrogens is 480 g/mol. The maximum absolute atomic E-state index is 14.5. The lowest BCUT2D eigenvalue weighted by Gasteiger charge is -2.33. The average molecular weight is 501 g/mol. The van der Waals surface area contributed by atoms with Crippen LogP contribution in [0.15, 0.2) is 75.9 Å². The number of fused-ring (bicyclic) bond motifs is 5. The highest BCUT2D eigenvalue weighted by molar-refractivity contribution is 6.31. The van der Waals surface area contributed by atoms with Crippen LogP contribution in [0.5, 0.6) is 0 Å². The first-order valence-corrected chi connectivity index (χ1v) is 11.9. The Kier molecular flexibility index (Phi) is 5.03. The van der Waals surface area contributed by atoms with Crippen LogP contribution in [0.1, 0.15) is 32.8 Å². The number of anilines is 1. The van der Waals surface area contributed by atoms with Crippen molar-refractivity contribution in [2.24, 2.45) is 0 Å². The number of carbonyl (C=O) groups excluding carboxylic acids is 2. The number of hydrogen-bond acceptors (Lipinski definition) is 5. The van der Waals surface area contributed by atoms with Crippen LogP contribution in [0, 0.1) is 6.92 Å². The molecule has 0 radical (unpaired) electrons. The minimum absolute atomic E-state index is 0.0421. The molecular formula is C28H21ClN2O5. The number of β-amino-alcohol motifs (C(OH)–C–C–N with tert-alkyl or cyclic N) is 1. The zero-order valence-electron chi connectivity index (χ0n) is 19.3. The maximum Gasteiger partial charge on any atom is 0.291 e. The number of benzene rings is 3. The fourth-order valence-corrected chi connectivity index (χ4v) is 5.57. The number of para-hydroxylation sites is 1. The van der Waals surface area contributed by atoms with E-state index in [1.54, 1.807) is 29.2 Å². The van der Waals surface area contributed by atoms with Crippen molar-refractivity contribution in [3.8, 4) is 0 Å². The fourth-order valence-electron chi connectivity index (χ4n) is 5.40. The van der Waals surface area contributed by atoms with Crippen molar-refractivity contribution in [2.75, 3.05) is 18.1 Å². The maximum atomic E-state index is 14.5. The Balaban J connectivity index is 1.65. The summed E-state index contributed by atoms with van der Waals surface area (Å²) < 4.78 is 5.94. The highest BCUT2D eigenvalue weighted by Crippen LogP contribution is 2.52. The lowest BCUT2D eigenvalue weighted by molar-refractivity contribution is -0.126. The minimum atomic E-state index is -1.76. The number of hydrogen-bond donors (Lipinski definition) is 1. The number of rotatable bonds is 4. The number of aliphatic hydroxyl groups is 1. The molecule has 0 fully saturated rings. The molecule has 0 bridgehead atoms. The molecule has 1 aromatic heterocycles. The molecule has 2 amide bonds. The van der Waals surface area contributed by atoms with Gasteiger partial charge in [0.05, 0.1) is 29.8 Å². The standard InChI is InChI=1S/C28H21ClN2O5/c1-16-6-8-17(9-7-16)15-30-21-5-3-2-4-20(21)28(27(30)35)23-24(33)19-14-18(29)10-11-22(19)36-25(23)26(34)31(28)12-13-32/h2-11,14,32H,12-13,15H2,1H3. The summed E-state index contributed by atoms with van der Waals surface area (Å²) in [5.41, 5.74) is 0.990. The first-order chi connectivity index (χ1) is 17.4. The first-order valence-electron chi connectivity index (χ1n) is 11.5. The molecule has 7 nitrogen and oxygen atoms in total. The van der Waals surface area contributed by atoms with E-state index in [1.807, 2.05) is 37.3 Å². The van der Waals surface area contributed by atoms with Crippen molar-refractivity contribution in [2.45, 2.75) is 19.0 Å². The number of aryl methyl sites for hydroxylation is 1. The number of nitrogens with zero attached hydrogens (tertiary/aromatic N) is 2. The predicted molar refractivity (Wildman–Crippen MR) is 135 cm³/mol. The third-order valence-electron chi connectivity index (χ3n) is 6.98. The predicted octanol–water partition coefficient (Wildman–Crippen LogP) is 3.99. The third-order valence-corrected chi connectivity index (χ3v) is 7.22. The van der Waals surface area contributed by atoms with Crippen LogP contribution >= 0.6 is 11.6 Å². The normalized spacial score (nSPS) is 18.4. The van der Waals surface area contributed by atoms with E-state index in [1.165, 1.54) is 17.0 Å². The molecule has 1 atom stereocenters. The van der Waals surface area contributed by atoms with E-state index >= 15 is 0 Å². The van der Waals surface area contributed by atoms with Gasteiger partial charge in [-0.2, -0.15) is 0 Å². The van der Waals surface area contributed by atoms with Crippen molar-refractivity contribution in [1.29, 1.82) is 0 Å². The SMILES string of the molecule is Cc1ccc(CN2C(=O)C3(c4ccccc42)c2c(oc4ccc(Cl)cc4c2=O)C(=O)N3CCO)cc1. The average Bonchev–Trinajstić information content (AvgIpc) is 3.26. The second-order valence-corrected chi connectivity index (χ2v) is 9.50. The van der Waals surface area contributed by atoms with Crippen LogP contribution in [0.2, 0.25) is 5.02 Å². The highest BCUT2D eigenvalue weighted by Gasteiger charge is 2.64. The summed E-state index contributed by atoms with van der Waals surface area (Å²) in [7, 11) is 0. The van der Waals surface area contributed by atoms with Crippen LogP contribution in [0.4, 0.5) is 5.69 Å². The molecule has 3 aromatic carbocycles. The Bertz CT molecular complexity index is 1630. The van der Waals surface area contributed by atoms with Gasteiger partial charge in [0, 0.05) is 17.1 Å². The second kappa shape index (κ2) is 8.05. The number of carbonyl (C=O) groups is 2. The first kappa shape index (κ1) is 22.5. The van der Waals surface area contributed by atoms with Gasteiger partial charge >= 0.3 is 0 Å². The molecule has 1 spiro atoms. The van der Waals surface area contributed by atoms with Gasteiger partial charge in [-0.05, 0) is 36.8 Å². The molecule has 3 heterocycles. The summed E-state index contributed by atoms with van der Waals surface area (Å²) in [5, 5.41) is 10.4. The Labute approximate surface area is 211 Å². The van der Waals surface area contributed by atoms with Crippen molar-refractivity contribution in [1.82, 2.24) is 4.90 Å². The Morgan fingerprint density at radius 1 is 1.00 bits per heavy atom. The molecule has 1 unspecified atom stereocenters. The summed E-state index contributed by atoms with van der Waals surface area (Å²) in [4.78, 5) is 44.9. The molecule has 180 valence electrons. The molecule has 4 aromatic rings. The fraction of sp³-hybridized carbons (Fsp3) is 0.179. The number of halogens is 1. The van der Waals surface area contributed by atoms with E-state index in [0.717, 1.165) is 11.1 Å². The van der Waals surface area contributed by atoms with E-state index in [0.29, 0.717) is 16.3 Å². The monoisotopic (exact) mass is 500 g/mol. The molecule has 0 saturated heterocycles. The van der Waals surface area contributed by atoms with Crippen LogP contribution < -0.4 is 10.3 Å². The lowest BCUT2D eigenvalue weighted by Crippen LogP contribution is -2.54. The van der Waals surface area contributed by atoms with Crippen LogP contribution in [0.25, 0.3) is 11.0 Å². The van der Waals surface area contributed by atoms with Crippen molar-refractivity contribution >= 4 is 40.1 Å². The largest absolute Gasteiger partial charge is 0.450 e. The van der Waals surface area contributed by atoms with Gasteiger partial charge in [0.1, 0.15) is 5.58 Å². The van der Waals surface area contributed by atoms with Gasteiger partial charge in [0.15, 0.2) is 11.0 Å². The molecule has 1 N–H and O–H groups in total. The second-order valence-electron chi connectivity index (χ2n) is 9.06. The summed E-state index contributed by atoms with van der Waals surface area (Å²) >= 11 is 6.17. The summed E-state index contributed by atoms with van der Waals surface area (Å²) in [5.74, 6) is -1.25. The third kappa shape index (κ3) is 2.93. The van der Waals surface area contributed by atoms with Crippen LogP contribution in [0.3, 0.4) is 0 Å². The molecule has 0 saturated carbocycles.